The molecule has 0 bridgehead atoms. The van der Waals surface area contributed by atoms with Crippen molar-refractivity contribution in [1.82, 2.24) is 10.3 Å². The maximum atomic E-state index is 11.9. The number of rotatable bonds is 8. The number of aliphatic hydroxyl groups excluding tert-OH is 1. The van der Waals surface area contributed by atoms with Gasteiger partial charge in [-0.2, -0.15) is 0 Å². The molecule has 2 atom stereocenters. The van der Waals surface area contributed by atoms with Crippen LogP contribution in [0.15, 0.2) is 48.8 Å². The second-order valence-electron chi connectivity index (χ2n) is 5.67. The number of ether oxygens (including phenoxy) is 1. The van der Waals surface area contributed by atoms with Crippen molar-refractivity contribution in [2.24, 2.45) is 0 Å². The number of hydrogen-bond acceptors (Lipinski definition) is 7. The molecule has 0 saturated carbocycles. The summed E-state index contributed by atoms with van der Waals surface area (Å²) in [5.74, 6) is -0.810. The van der Waals surface area contributed by atoms with E-state index in [4.69, 9.17) is 27.9 Å². The monoisotopic (exact) mass is 442 g/mol. The van der Waals surface area contributed by atoms with Gasteiger partial charge in [0.05, 0.1) is 22.8 Å². The summed E-state index contributed by atoms with van der Waals surface area (Å²) in [7, 11) is 0. The molecule has 0 saturated heterocycles. The molecule has 154 valence electrons. The number of aromatic nitrogens is 1. The Balaban J connectivity index is 2.07. The first kappa shape index (κ1) is 22.3. The number of alkyl halides is 2. The van der Waals surface area contributed by atoms with Crippen LogP contribution < -0.4 is 10.6 Å². The van der Waals surface area contributed by atoms with Crippen LogP contribution in [-0.2, 0) is 9.53 Å². The zero-order chi connectivity index (χ0) is 21.4. The summed E-state index contributed by atoms with van der Waals surface area (Å²) < 4.78 is 5.05. The Hall–Kier alpha value is -2.95. The fourth-order valence-electron chi connectivity index (χ4n) is 2.24. The second kappa shape index (κ2) is 10.6. The molecule has 0 radical (unpaired) electrons. The van der Waals surface area contributed by atoms with Gasteiger partial charge in [-0.25, -0.2) is 4.79 Å². The molecule has 3 N–H and O–H groups in total. The van der Waals surface area contributed by atoms with Crippen molar-refractivity contribution in [3.8, 4) is 0 Å². The number of nitro groups is 1. The van der Waals surface area contributed by atoms with E-state index in [1.54, 1.807) is 12.1 Å². The predicted octanol–water partition coefficient (Wildman–Crippen LogP) is 2.56. The minimum absolute atomic E-state index is 0.171. The van der Waals surface area contributed by atoms with E-state index in [1.807, 2.05) is 0 Å². The van der Waals surface area contributed by atoms with E-state index in [2.05, 4.69) is 15.6 Å². The SMILES string of the molecule is O=C(Nc1cccnc1)OC[C@H](NC(=O)C(Cl)Cl)[C@H](O)c1ccc([N+](=O)[O-])cc1. The summed E-state index contributed by atoms with van der Waals surface area (Å²) in [6.45, 7) is -0.434. The minimum Gasteiger partial charge on any atom is -0.447 e. The summed E-state index contributed by atoms with van der Waals surface area (Å²) in [4.78, 5) is 36.3. The lowest BCUT2D eigenvalue weighted by Gasteiger charge is -2.24. The van der Waals surface area contributed by atoms with Crippen molar-refractivity contribution in [2.45, 2.75) is 17.0 Å². The predicted molar refractivity (Wildman–Crippen MR) is 105 cm³/mol. The number of non-ortho nitro benzene ring substituents is 1. The summed E-state index contributed by atoms with van der Waals surface area (Å²) >= 11 is 11.0. The van der Waals surface area contributed by atoms with Crippen LogP contribution in [0.2, 0.25) is 0 Å². The lowest BCUT2D eigenvalue weighted by atomic mass is 10.0. The van der Waals surface area contributed by atoms with Crippen LogP contribution in [-0.4, -0.2) is 44.5 Å². The van der Waals surface area contributed by atoms with Gasteiger partial charge in [-0.3, -0.25) is 25.2 Å². The molecule has 10 nitrogen and oxygen atoms in total. The number of nitrogens with zero attached hydrogens (tertiary/aromatic N) is 2. The summed E-state index contributed by atoms with van der Waals surface area (Å²) in [6, 6.07) is 7.10. The molecule has 2 aromatic rings. The Morgan fingerprint density at radius 1 is 1.24 bits per heavy atom. The lowest BCUT2D eigenvalue weighted by molar-refractivity contribution is -0.384. The molecule has 29 heavy (non-hydrogen) atoms. The highest BCUT2D eigenvalue weighted by Crippen LogP contribution is 2.21. The average Bonchev–Trinajstić information content (AvgIpc) is 2.71. The van der Waals surface area contributed by atoms with Gasteiger partial charge in [0, 0.05) is 18.3 Å². The molecule has 12 heteroatoms. The highest BCUT2D eigenvalue weighted by Gasteiger charge is 2.27. The van der Waals surface area contributed by atoms with Crippen LogP contribution in [0.4, 0.5) is 16.2 Å². The molecular formula is C17H16Cl2N4O6. The number of nitrogens with one attached hydrogen (secondary N) is 2. The fourth-order valence-corrected chi connectivity index (χ4v) is 2.37. The Morgan fingerprint density at radius 2 is 1.93 bits per heavy atom. The molecule has 0 fully saturated rings. The topological polar surface area (TPSA) is 144 Å². The highest BCUT2D eigenvalue weighted by molar-refractivity contribution is 6.53. The molecule has 2 rings (SSSR count). The maximum Gasteiger partial charge on any atom is 0.411 e. The summed E-state index contributed by atoms with van der Waals surface area (Å²) in [5, 5.41) is 26.1. The van der Waals surface area contributed by atoms with Crippen LogP contribution in [0.5, 0.6) is 0 Å². The standard InChI is InChI=1S/C17H16Cl2N4O6/c18-15(19)16(25)22-13(9-29-17(26)21-11-2-1-7-20-8-11)14(24)10-3-5-12(6-4-10)23(27)28/h1-8,13-15,24H,9H2,(H,21,26)(H,22,25)/t13-,14+/m0/s1. The third-order valence-electron chi connectivity index (χ3n) is 3.65. The van der Waals surface area contributed by atoms with Crippen molar-refractivity contribution < 1.29 is 24.4 Å². The fraction of sp³-hybridized carbons (Fsp3) is 0.235. The number of halogens is 2. The molecule has 0 spiro atoms. The first-order valence-corrected chi connectivity index (χ1v) is 9.00. The molecule has 1 aromatic carbocycles. The zero-order valence-electron chi connectivity index (χ0n) is 14.7. The van der Waals surface area contributed by atoms with Gasteiger partial charge in [-0.1, -0.05) is 23.2 Å². The maximum absolute atomic E-state index is 11.9. The van der Waals surface area contributed by atoms with Crippen molar-refractivity contribution in [3.63, 3.8) is 0 Å². The quantitative estimate of drug-likeness (QED) is 0.323. The van der Waals surface area contributed by atoms with E-state index in [-0.39, 0.29) is 11.3 Å². The number of pyridine rings is 1. The first-order chi connectivity index (χ1) is 13.8. The number of carbonyl (C=O) groups is 2. The molecule has 0 unspecified atom stereocenters. The van der Waals surface area contributed by atoms with Gasteiger partial charge in [-0.15, -0.1) is 0 Å². The number of benzene rings is 1. The van der Waals surface area contributed by atoms with Crippen LogP contribution in [0, 0.1) is 10.1 Å². The summed E-state index contributed by atoms with van der Waals surface area (Å²) in [6.07, 6.45) is 0.717. The van der Waals surface area contributed by atoms with Gasteiger partial charge in [-0.05, 0) is 29.8 Å². The van der Waals surface area contributed by atoms with Crippen LogP contribution in [0.25, 0.3) is 0 Å². The first-order valence-electron chi connectivity index (χ1n) is 8.12. The Labute approximate surface area is 174 Å². The third kappa shape index (κ3) is 6.86. The van der Waals surface area contributed by atoms with Gasteiger partial charge in [0.25, 0.3) is 11.6 Å². The molecule has 0 aliphatic rings. The Bertz CT molecular complexity index is 851. The van der Waals surface area contributed by atoms with Crippen LogP contribution in [0.1, 0.15) is 11.7 Å². The van der Waals surface area contributed by atoms with E-state index in [9.17, 15) is 24.8 Å². The van der Waals surface area contributed by atoms with Crippen molar-refractivity contribution in [2.75, 3.05) is 11.9 Å². The van der Waals surface area contributed by atoms with Gasteiger partial charge < -0.3 is 15.2 Å². The molecule has 0 aliphatic heterocycles. The van der Waals surface area contributed by atoms with E-state index in [0.717, 1.165) is 0 Å². The highest BCUT2D eigenvalue weighted by atomic mass is 35.5. The number of anilines is 1. The van der Waals surface area contributed by atoms with Gasteiger partial charge in [0.15, 0.2) is 4.84 Å². The van der Waals surface area contributed by atoms with Crippen LogP contribution in [0.3, 0.4) is 0 Å². The van der Waals surface area contributed by atoms with E-state index in [0.29, 0.717) is 5.69 Å². The molecular weight excluding hydrogens is 427 g/mol. The number of hydrogen-bond donors (Lipinski definition) is 3. The smallest absolute Gasteiger partial charge is 0.411 e. The van der Waals surface area contributed by atoms with Crippen molar-refractivity contribution in [1.29, 1.82) is 0 Å². The third-order valence-corrected chi connectivity index (χ3v) is 4.05. The van der Waals surface area contributed by atoms with Crippen LogP contribution >= 0.6 is 23.2 Å². The number of nitro benzene ring substituents is 1. The normalized spacial score (nSPS) is 12.7. The average molecular weight is 443 g/mol. The van der Waals surface area contributed by atoms with Gasteiger partial charge in [0.1, 0.15) is 12.7 Å². The molecule has 0 aliphatic carbocycles. The van der Waals surface area contributed by atoms with E-state index < -0.39 is 40.5 Å². The van der Waals surface area contributed by atoms with Gasteiger partial charge >= 0.3 is 6.09 Å². The lowest BCUT2D eigenvalue weighted by Crippen LogP contribution is -2.45. The molecule has 1 aromatic heterocycles. The van der Waals surface area contributed by atoms with Crippen molar-refractivity contribution in [3.05, 3.63) is 64.5 Å². The number of amides is 2. The number of aliphatic hydroxyl groups is 1. The largest absolute Gasteiger partial charge is 0.447 e. The van der Waals surface area contributed by atoms with E-state index >= 15 is 0 Å². The molecule has 1 heterocycles. The Morgan fingerprint density at radius 3 is 2.48 bits per heavy atom. The molecule has 2 amide bonds. The second-order valence-corrected chi connectivity index (χ2v) is 6.77. The van der Waals surface area contributed by atoms with Gasteiger partial charge in [0.2, 0.25) is 0 Å². The zero-order valence-corrected chi connectivity index (χ0v) is 16.2. The van der Waals surface area contributed by atoms with E-state index in [1.165, 1.54) is 36.7 Å². The van der Waals surface area contributed by atoms with Crippen molar-refractivity contribution >= 4 is 46.6 Å². The Kier molecular flexibility index (Phi) is 8.13. The minimum atomic E-state index is -1.41. The number of carbonyl (C=O) groups excluding carboxylic acids is 2. The summed E-state index contributed by atoms with van der Waals surface area (Å²) in [5.41, 5.74) is 0.462.